The molecule has 1 N–H and O–H groups in total. The van der Waals surface area contributed by atoms with Crippen LogP contribution in [0, 0.1) is 0 Å². The molecule has 3 rings (SSSR count). The zero-order valence-electron chi connectivity index (χ0n) is 13.6. The van der Waals surface area contributed by atoms with Crippen molar-refractivity contribution in [1.82, 2.24) is 10.2 Å². The molecule has 1 fully saturated rings. The molecule has 0 unspecified atom stereocenters. The number of rotatable bonds is 4. The summed E-state index contributed by atoms with van der Waals surface area (Å²) in [6.07, 6.45) is -4.37. The summed E-state index contributed by atoms with van der Waals surface area (Å²) in [6, 6.07) is 8.99. The summed E-state index contributed by atoms with van der Waals surface area (Å²) in [5.74, 6) is 0.317. The Balaban J connectivity index is 2.19. The van der Waals surface area contributed by atoms with Crippen LogP contribution in [0.3, 0.4) is 0 Å². The summed E-state index contributed by atoms with van der Waals surface area (Å²) in [7, 11) is 0. The zero-order chi connectivity index (χ0) is 17.2. The van der Waals surface area contributed by atoms with Crippen LogP contribution in [0.1, 0.15) is 18.5 Å². The molecule has 0 radical (unpaired) electrons. The Bertz CT molecular complexity index is 696. The van der Waals surface area contributed by atoms with Gasteiger partial charge in [-0.15, -0.1) is 0 Å². The molecule has 6 heteroatoms. The van der Waals surface area contributed by atoms with Crippen molar-refractivity contribution >= 4 is 10.8 Å². The second kappa shape index (κ2) is 6.99. The van der Waals surface area contributed by atoms with Gasteiger partial charge in [0.05, 0.1) is 6.61 Å². The van der Waals surface area contributed by atoms with E-state index in [4.69, 9.17) is 4.74 Å². The van der Waals surface area contributed by atoms with E-state index in [9.17, 15) is 13.2 Å². The first-order chi connectivity index (χ1) is 11.5. The molecule has 130 valence electrons. The predicted molar refractivity (Wildman–Crippen MR) is 88.4 cm³/mol. The fraction of sp³-hybridized carbons (Fsp3) is 0.444. The van der Waals surface area contributed by atoms with Crippen molar-refractivity contribution in [2.75, 3.05) is 32.8 Å². The molecule has 0 bridgehead atoms. The van der Waals surface area contributed by atoms with E-state index in [2.05, 4.69) is 5.32 Å². The van der Waals surface area contributed by atoms with Crippen LogP contribution >= 0.6 is 0 Å². The summed E-state index contributed by atoms with van der Waals surface area (Å²) in [4.78, 5) is 1.50. The second-order valence-corrected chi connectivity index (χ2v) is 5.86. The molecule has 0 aromatic heterocycles. The summed E-state index contributed by atoms with van der Waals surface area (Å²) in [5.41, 5.74) is 0.226. The Labute approximate surface area is 139 Å². The topological polar surface area (TPSA) is 24.5 Å². The third-order valence-corrected chi connectivity index (χ3v) is 4.33. The van der Waals surface area contributed by atoms with Crippen LogP contribution in [-0.4, -0.2) is 43.9 Å². The van der Waals surface area contributed by atoms with Gasteiger partial charge in [0.25, 0.3) is 0 Å². The maximum absolute atomic E-state index is 14.0. The molecule has 1 atom stereocenters. The monoisotopic (exact) mass is 338 g/mol. The Morgan fingerprint density at radius 1 is 1.12 bits per heavy atom. The van der Waals surface area contributed by atoms with Gasteiger partial charge in [-0.2, -0.15) is 13.2 Å². The van der Waals surface area contributed by atoms with Gasteiger partial charge in [0, 0.05) is 31.7 Å². The number of alkyl halides is 3. The van der Waals surface area contributed by atoms with Crippen molar-refractivity contribution in [2.24, 2.45) is 0 Å². The molecule has 2 aromatic rings. The van der Waals surface area contributed by atoms with Crippen LogP contribution in [0.5, 0.6) is 5.75 Å². The molecular formula is C18H21F3N2O. The lowest BCUT2D eigenvalue weighted by molar-refractivity contribution is -0.187. The standard InChI is InChI=1S/C18H21F3N2O/c1-2-24-15-8-7-13-5-3-4-6-14(13)16(15)17(18(19,20)21)23-11-9-22-10-12-23/h3-8,17,22H,2,9-12H2,1H3/t17-/m1/s1. The number of nitrogens with one attached hydrogen (secondary N) is 1. The molecule has 1 aliphatic rings. The molecule has 0 spiro atoms. The van der Waals surface area contributed by atoms with Crippen LogP contribution in [0.2, 0.25) is 0 Å². The van der Waals surface area contributed by atoms with Gasteiger partial charge in [-0.3, -0.25) is 4.90 Å². The van der Waals surface area contributed by atoms with E-state index in [1.807, 2.05) is 18.2 Å². The number of benzene rings is 2. The first kappa shape index (κ1) is 17.0. The van der Waals surface area contributed by atoms with E-state index in [1.165, 1.54) is 4.90 Å². The highest BCUT2D eigenvalue weighted by Gasteiger charge is 2.47. The van der Waals surface area contributed by atoms with Crippen molar-refractivity contribution in [3.05, 3.63) is 42.0 Å². The molecule has 1 saturated heterocycles. The molecule has 0 saturated carbocycles. The molecular weight excluding hydrogens is 317 g/mol. The van der Waals surface area contributed by atoms with Crippen molar-refractivity contribution in [3.8, 4) is 5.75 Å². The zero-order valence-corrected chi connectivity index (χ0v) is 13.6. The highest BCUT2D eigenvalue weighted by atomic mass is 19.4. The van der Waals surface area contributed by atoms with E-state index in [-0.39, 0.29) is 5.56 Å². The smallest absolute Gasteiger partial charge is 0.408 e. The highest BCUT2D eigenvalue weighted by Crippen LogP contribution is 2.44. The van der Waals surface area contributed by atoms with Crippen LogP contribution in [-0.2, 0) is 0 Å². The van der Waals surface area contributed by atoms with E-state index in [0.29, 0.717) is 43.9 Å². The lowest BCUT2D eigenvalue weighted by Crippen LogP contribution is -2.49. The minimum absolute atomic E-state index is 0.226. The van der Waals surface area contributed by atoms with E-state index >= 15 is 0 Å². The number of halogens is 3. The molecule has 1 aliphatic heterocycles. The second-order valence-electron chi connectivity index (χ2n) is 5.86. The van der Waals surface area contributed by atoms with Crippen molar-refractivity contribution in [3.63, 3.8) is 0 Å². The van der Waals surface area contributed by atoms with Gasteiger partial charge in [-0.05, 0) is 23.8 Å². The molecule has 1 heterocycles. The Morgan fingerprint density at radius 2 is 1.83 bits per heavy atom. The van der Waals surface area contributed by atoms with Crippen molar-refractivity contribution < 1.29 is 17.9 Å². The van der Waals surface area contributed by atoms with Crippen LogP contribution in [0.15, 0.2) is 36.4 Å². The predicted octanol–water partition coefficient (Wildman–Crippen LogP) is 3.75. The van der Waals surface area contributed by atoms with Crippen LogP contribution in [0.4, 0.5) is 13.2 Å². The average molecular weight is 338 g/mol. The molecule has 0 amide bonds. The molecule has 3 nitrogen and oxygen atoms in total. The lowest BCUT2D eigenvalue weighted by atomic mass is 9.95. The summed E-state index contributed by atoms with van der Waals surface area (Å²) < 4.78 is 47.6. The number of hydrogen-bond acceptors (Lipinski definition) is 3. The van der Waals surface area contributed by atoms with Crippen molar-refractivity contribution in [2.45, 2.75) is 19.1 Å². The maximum Gasteiger partial charge on any atom is 0.408 e. The Hall–Kier alpha value is -1.79. The third-order valence-electron chi connectivity index (χ3n) is 4.33. The van der Waals surface area contributed by atoms with E-state index in [0.717, 1.165) is 5.39 Å². The number of piperazine rings is 1. The number of hydrogen-bond donors (Lipinski definition) is 1. The van der Waals surface area contributed by atoms with Gasteiger partial charge < -0.3 is 10.1 Å². The molecule has 24 heavy (non-hydrogen) atoms. The minimum atomic E-state index is -4.37. The fourth-order valence-electron chi connectivity index (χ4n) is 3.33. The number of nitrogens with zero attached hydrogens (tertiary/aromatic N) is 1. The first-order valence-electron chi connectivity index (χ1n) is 8.18. The van der Waals surface area contributed by atoms with E-state index in [1.54, 1.807) is 25.1 Å². The van der Waals surface area contributed by atoms with Gasteiger partial charge >= 0.3 is 6.18 Å². The Morgan fingerprint density at radius 3 is 2.50 bits per heavy atom. The van der Waals surface area contributed by atoms with Gasteiger partial charge in [-0.25, -0.2) is 0 Å². The number of ether oxygens (including phenoxy) is 1. The lowest BCUT2D eigenvalue weighted by Gasteiger charge is -2.37. The van der Waals surface area contributed by atoms with Gasteiger partial charge in [0.1, 0.15) is 11.8 Å². The Kier molecular flexibility index (Phi) is 4.96. The third kappa shape index (κ3) is 3.35. The highest BCUT2D eigenvalue weighted by molar-refractivity contribution is 5.88. The normalized spacial score (nSPS) is 17.8. The minimum Gasteiger partial charge on any atom is -0.494 e. The first-order valence-corrected chi connectivity index (χ1v) is 8.18. The van der Waals surface area contributed by atoms with Crippen LogP contribution < -0.4 is 10.1 Å². The van der Waals surface area contributed by atoms with Crippen LogP contribution in [0.25, 0.3) is 10.8 Å². The molecule has 0 aliphatic carbocycles. The maximum atomic E-state index is 14.0. The largest absolute Gasteiger partial charge is 0.494 e. The fourth-order valence-corrected chi connectivity index (χ4v) is 3.33. The average Bonchev–Trinajstić information content (AvgIpc) is 2.57. The van der Waals surface area contributed by atoms with Gasteiger partial charge in [0.15, 0.2) is 0 Å². The number of fused-ring (bicyclic) bond motifs is 1. The quantitative estimate of drug-likeness (QED) is 0.919. The SMILES string of the molecule is CCOc1ccc2ccccc2c1[C@@H](N1CCNCC1)C(F)(F)F. The van der Waals surface area contributed by atoms with Crippen molar-refractivity contribution in [1.29, 1.82) is 0 Å². The molecule has 2 aromatic carbocycles. The van der Waals surface area contributed by atoms with E-state index < -0.39 is 12.2 Å². The van der Waals surface area contributed by atoms with Gasteiger partial charge in [-0.1, -0.05) is 30.3 Å². The summed E-state index contributed by atoms with van der Waals surface area (Å²) in [6.45, 7) is 3.95. The van der Waals surface area contributed by atoms with Gasteiger partial charge in [0.2, 0.25) is 0 Å². The summed E-state index contributed by atoms with van der Waals surface area (Å²) >= 11 is 0. The summed E-state index contributed by atoms with van der Waals surface area (Å²) in [5, 5.41) is 4.50.